The van der Waals surface area contributed by atoms with Crippen LogP contribution in [-0.2, 0) is 6.54 Å². The van der Waals surface area contributed by atoms with Gasteiger partial charge in [0, 0.05) is 28.0 Å². The molecule has 8 heteroatoms. The molecule has 1 aromatic carbocycles. The number of aryl methyl sites for hydroxylation is 1. The van der Waals surface area contributed by atoms with E-state index in [0.29, 0.717) is 27.0 Å². The molecular weight excluding hydrogens is 385 g/mol. The predicted octanol–water partition coefficient (Wildman–Crippen LogP) is 4.96. The number of aromatic carboxylic acids is 1. The first-order chi connectivity index (χ1) is 11.9. The summed E-state index contributed by atoms with van der Waals surface area (Å²) in [5.41, 5.74) is 2.12. The van der Waals surface area contributed by atoms with E-state index in [4.69, 9.17) is 34.8 Å². The molecule has 0 saturated heterocycles. The van der Waals surface area contributed by atoms with E-state index in [2.05, 4.69) is 9.97 Å². The lowest BCUT2D eigenvalue weighted by atomic mass is 10.2. The van der Waals surface area contributed by atoms with Crippen LogP contribution >= 0.6 is 34.8 Å². The molecule has 0 atom stereocenters. The van der Waals surface area contributed by atoms with Gasteiger partial charge in [0.1, 0.15) is 5.82 Å². The highest BCUT2D eigenvalue weighted by Crippen LogP contribution is 2.29. The Labute approximate surface area is 158 Å². The van der Waals surface area contributed by atoms with Crippen LogP contribution in [0.4, 0.5) is 0 Å². The molecular formula is C17H12Cl3N3O2. The first-order valence-electron chi connectivity index (χ1n) is 7.22. The van der Waals surface area contributed by atoms with E-state index in [-0.39, 0.29) is 17.4 Å². The van der Waals surface area contributed by atoms with Gasteiger partial charge in [-0.05, 0) is 42.3 Å². The van der Waals surface area contributed by atoms with Crippen molar-refractivity contribution in [1.29, 1.82) is 0 Å². The second-order valence-corrected chi connectivity index (χ2v) is 6.65. The number of aromatic nitrogens is 3. The number of carboxylic acid groups (broad SMARTS) is 1. The van der Waals surface area contributed by atoms with Crippen LogP contribution < -0.4 is 0 Å². The maximum absolute atomic E-state index is 11.7. The summed E-state index contributed by atoms with van der Waals surface area (Å²) < 4.78 is 1.50. The summed E-state index contributed by atoms with van der Waals surface area (Å²) in [4.78, 5) is 20.0. The van der Waals surface area contributed by atoms with Crippen LogP contribution in [0, 0.1) is 6.92 Å². The Morgan fingerprint density at radius 3 is 2.64 bits per heavy atom. The van der Waals surface area contributed by atoms with Gasteiger partial charge in [-0.1, -0.05) is 34.8 Å². The standard InChI is InChI=1S/C17H12Cl3N3O2/c1-9-4-10(7-21-6-9)16-22-15(20)14(17(24)25)23(16)8-11-5-12(18)2-3-13(11)19/h2-7H,8H2,1H3,(H,24,25). The van der Waals surface area contributed by atoms with Crippen LogP contribution in [0.15, 0.2) is 36.7 Å². The minimum atomic E-state index is -1.18. The molecule has 0 aliphatic rings. The molecule has 3 rings (SSSR count). The Balaban J connectivity index is 2.19. The third-order valence-electron chi connectivity index (χ3n) is 3.60. The topological polar surface area (TPSA) is 68.0 Å². The third-order valence-corrected chi connectivity index (χ3v) is 4.46. The van der Waals surface area contributed by atoms with Crippen LogP contribution in [-0.4, -0.2) is 25.6 Å². The largest absolute Gasteiger partial charge is 0.476 e. The van der Waals surface area contributed by atoms with Gasteiger partial charge >= 0.3 is 5.97 Å². The maximum atomic E-state index is 11.7. The summed E-state index contributed by atoms with van der Waals surface area (Å²) in [6.07, 6.45) is 3.30. The van der Waals surface area contributed by atoms with Gasteiger partial charge in [0.25, 0.3) is 0 Å². The Morgan fingerprint density at radius 2 is 1.96 bits per heavy atom. The highest BCUT2D eigenvalue weighted by molar-refractivity contribution is 6.33. The molecule has 25 heavy (non-hydrogen) atoms. The zero-order chi connectivity index (χ0) is 18.1. The molecule has 0 spiro atoms. The fraction of sp³-hybridized carbons (Fsp3) is 0.118. The number of carboxylic acids is 1. The van der Waals surface area contributed by atoms with Gasteiger partial charge in [0.2, 0.25) is 0 Å². The number of halogens is 3. The van der Waals surface area contributed by atoms with Crippen LogP contribution in [0.5, 0.6) is 0 Å². The summed E-state index contributed by atoms with van der Waals surface area (Å²) in [6.45, 7) is 2.04. The molecule has 0 unspecified atom stereocenters. The van der Waals surface area contributed by atoms with Crippen molar-refractivity contribution in [3.63, 3.8) is 0 Å². The second-order valence-electron chi connectivity index (χ2n) is 5.45. The number of hydrogen-bond donors (Lipinski definition) is 1. The molecule has 2 aromatic heterocycles. The first kappa shape index (κ1) is 17.7. The minimum Gasteiger partial charge on any atom is -0.476 e. The average Bonchev–Trinajstić information content (AvgIpc) is 2.87. The van der Waals surface area contributed by atoms with Crippen molar-refractivity contribution in [3.05, 3.63) is 68.7 Å². The molecule has 2 heterocycles. The van der Waals surface area contributed by atoms with Gasteiger partial charge in [0.15, 0.2) is 10.8 Å². The van der Waals surface area contributed by atoms with E-state index in [1.807, 2.05) is 13.0 Å². The summed E-state index contributed by atoms with van der Waals surface area (Å²) in [5.74, 6) is -0.780. The van der Waals surface area contributed by atoms with Crippen molar-refractivity contribution in [2.75, 3.05) is 0 Å². The highest BCUT2D eigenvalue weighted by atomic mass is 35.5. The number of benzene rings is 1. The number of hydrogen-bond acceptors (Lipinski definition) is 3. The van der Waals surface area contributed by atoms with E-state index >= 15 is 0 Å². The summed E-state index contributed by atoms with van der Waals surface area (Å²) in [7, 11) is 0. The first-order valence-corrected chi connectivity index (χ1v) is 8.35. The Bertz CT molecular complexity index is 970. The van der Waals surface area contributed by atoms with Gasteiger partial charge in [-0.3, -0.25) is 4.98 Å². The molecule has 1 N–H and O–H groups in total. The van der Waals surface area contributed by atoms with Crippen molar-refractivity contribution in [2.24, 2.45) is 0 Å². The van der Waals surface area contributed by atoms with Crippen LogP contribution in [0.3, 0.4) is 0 Å². The fourth-order valence-corrected chi connectivity index (χ4v) is 3.15. The SMILES string of the molecule is Cc1cncc(-c2nc(Cl)c(C(=O)O)n2Cc2cc(Cl)ccc2Cl)c1. The minimum absolute atomic E-state index is 0.0952. The smallest absolute Gasteiger partial charge is 0.355 e. The van der Waals surface area contributed by atoms with Gasteiger partial charge in [-0.25, -0.2) is 9.78 Å². The molecule has 0 fully saturated rings. The summed E-state index contributed by atoms with van der Waals surface area (Å²) >= 11 is 18.3. The zero-order valence-corrected chi connectivity index (χ0v) is 15.3. The van der Waals surface area contributed by atoms with E-state index < -0.39 is 5.97 Å². The molecule has 0 aliphatic carbocycles. The quantitative estimate of drug-likeness (QED) is 0.677. The Kier molecular flexibility index (Phi) is 4.99. The number of imidazole rings is 1. The van der Waals surface area contributed by atoms with Gasteiger partial charge in [0.05, 0.1) is 6.54 Å². The third kappa shape index (κ3) is 3.63. The molecule has 3 aromatic rings. The van der Waals surface area contributed by atoms with E-state index in [1.165, 1.54) is 4.57 Å². The molecule has 0 bridgehead atoms. The Hall–Kier alpha value is -2.08. The maximum Gasteiger partial charge on any atom is 0.355 e. The molecule has 0 aliphatic heterocycles. The number of nitrogens with zero attached hydrogens (tertiary/aromatic N) is 3. The lowest BCUT2D eigenvalue weighted by Gasteiger charge is -2.12. The zero-order valence-electron chi connectivity index (χ0n) is 13.0. The normalized spacial score (nSPS) is 10.9. The van der Waals surface area contributed by atoms with Gasteiger partial charge in [-0.2, -0.15) is 0 Å². The van der Waals surface area contributed by atoms with Gasteiger partial charge < -0.3 is 9.67 Å². The van der Waals surface area contributed by atoms with E-state index in [9.17, 15) is 9.90 Å². The van der Waals surface area contributed by atoms with Crippen LogP contribution in [0.2, 0.25) is 15.2 Å². The van der Waals surface area contributed by atoms with Crippen LogP contribution in [0.1, 0.15) is 21.6 Å². The highest BCUT2D eigenvalue weighted by Gasteiger charge is 2.23. The summed E-state index contributed by atoms with van der Waals surface area (Å²) in [6, 6.07) is 6.86. The van der Waals surface area contributed by atoms with E-state index in [0.717, 1.165) is 5.56 Å². The van der Waals surface area contributed by atoms with Gasteiger partial charge in [-0.15, -0.1) is 0 Å². The second kappa shape index (κ2) is 7.04. The summed E-state index contributed by atoms with van der Waals surface area (Å²) in [5, 5.41) is 10.4. The van der Waals surface area contributed by atoms with E-state index in [1.54, 1.807) is 30.6 Å². The van der Waals surface area contributed by atoms with Crippen LogP contribution in [0.25, 0.3) is 11.4 Å². The van der Waals surface area contributed by atoms with Crippen molar-refractivity contribution in [2.45, 2.75) is 13.5 Å². The van der Waals surface area contributed by atoms with Crippen molar-refractivity contribution < 1.29 is 9.90 Å². The number of carbonyl (C=O) groups is 1. The lowest BCUT2D eigenvalue weighted by Crippen LogP contribution is -2.11. The number of rotatable bonds is 4. The van der Waals surface area contributed by atoms with Crippen molar-refractivity contribution in [3.8, 4) is 11.4 Å². The average molecular weight is 397 g/mol. The monoisotopic (exact) mass is 395 g/mol. The molecule has 0 amide bonds. The predicted molar refractivity (Wildman–Crippen MR) is 97.7 cm³/mol. The Morgan fingerprint density at radius 1 is 1.20 bits per heavy atom. The molecule has 0 saturated carbocycles. The molecule has 5 nitrogen and oxygen atoms in total. The molecule has 128 valence electrons. The molecule has 0 radical (unpaired) electrons. The van der Waals surface area contributed by atoms with Crippen molar-refractivity contribution >= 4 is 40.8 Å². The lowest BCUT2D eigenvalue weighted by molar-refractivity contribution is 0.0686. The van der Waals surface area contributed by atoms with Crippen molar-refractivity contribution in [1.82, 2.24) is 14.5 Å². The number of pyridine rings is 1. The fourth-order valence-electron chi connectivity index (χ4n) is 2.51.